The average Bonchev–Trinajstić information content (AvgIpc) is 2.94. The Kier molecular flexibility index (Phi) is 2.78. The fourth-order valence-corrected chi connectivity index (χ4v) is 5.40. The molecular formula is C18H19N3O3. The number of nitrogens with zero attached hydrogens (tertiary/aromatic N) is 3. The van der Waals surface area contributed by atoms with Crippen LogP contribution in [0.3, 0.4) is 0 Å². The first kappa shape index (κ1) is 14.2. The maximum atomic E-state index is 10.6. The molecule has 0 saturated carbocycles. The van der Waals surface area contributed by atoms with Crippen molar-refractivity contribution in [2.75, 3.05) is 13.6 Å². The van der Waals surface area contributed by atoms with Crippen LogP contribution in [0.4, 0.5) is 0 Å². The summed E-state index contributed by atoms with van der Waals surface area (Å²) in [7, 11) is 2.18. The lowest BCUT2D eigenvalue weighted by molar-refractivity contribution is -0.0454. The molecule has 6 heteroatoms. The number of benzene rings is 1. The van der Waals surface area contributed by atoms with Gasteiger partial charge >= 0.3 is 6.40 Å². The van der Waals surface area contributed by atoms with Crippen molar-refractivity contribution in [3.05, 3.63) is 40.9 Å². The molecule has 6 nitrogen and oxygen atoms in total. The lowest BCUT2D eigenvalue weighted by atomic mass is 9.53. The van der Waals surface area contributed by atoms with Gasteiger partial charge in [-0.3, -0.25) is 0 Å². The number of ether oxygens (including phenoxy) is 2. The third-order valence-electron chi connectivity index (χ3n) is 6.36. The maximum Gasteiger partial charge on any atom is 0.443 e. The molecule has 0 amide bonds. The van der Waals surface area contributed by atoms with Crippen molar-refractivity contribution in [3.8, 4) is 11.5 Å². The summed E-state index contributed by atoms with van der Waals surface area (Å²) in [6.45, 7) is 0.990. The molecule has 1 N–H and O–H groups in total. The minimum absolute atomic E-state index is 0.190. The topological polar surface area (TPSA) is 78.3 Å². The fourth-order valence-electron chi connectivity index (χ4n) is 5.40. The van der Waals surface area contributed by atoms with Crippen molar-refractivity contribution >= 4 is 6.40 Å². The van der Waals surface area contributed by atoms with E-state index in [-0.39, 0.29) is 11.5 Å². The predicted molar refractivity (Wildman–Crippen MR) is 86.2 cm³/mol. The number of aliphatic hydroxyl groups excluding tert-OH is 1. The molecule has 0 radical (unpaired) electrons. The third kappa shape index (κ3) is 1.53. The van der Waals surface area contributed by atoms with E-state index in [1.165, 1.54) is 11.1 Å². The molecule has 24 heavy (non-hydrogen) atoms. The van der Waals surface area contributed by atoms with Crippen molar-refractivity contribution in [1.29, 1.82) is 0 Å². The SMILES string of the molecule is CN1CC[C@]23c4c5ccc(OC=[N+]=[N-])c4O[C@H]2[C@@H](O)C=C[C@H]3[C@H]1C5. The lowest BCUT2D eigenvalue weighted by Crippen LogP contribution is -2.64. The Morgan fingerprint density at radius 3 is 3.17 bits per heavy atom. The van der Waals surface area contributed by atoms with Gasteiger partial charge in [0.1, 0.15) is 12.2 Å². The Morgan fingerprint density at radius 1 is 1.46 bits per heavy atom. The van der Waals surface area contributed by atoms with Crippen LogP contribution in [-0.4, -0.2) is 53.0 Å². The second-order valence-corrected chi connectivity index (χ2v) is 7.25. The minimum Gasteiger partial charge on any atom is -0.482 e. The van der Waals surface area contributed by atoms with Gasteiger partial charge in [0.2, 0.25) is 0 Å². The van der Waals surface area contributed by atoms with Gasteiger partial charge in [0.05, 0.1) is 0 Å². The zero-order chi connectivity index (χ0) is 16.5. The summed E-state index contributed by atoms with van der Waals surface area (Å²) >= 11 is 0. The Balaban J connectivity index is 1.76. The molecule has 1 saturated heterocycles. The quantitative estimate of drug-likeness (QED) is 0.291. The lowest BCUT2D eigenvalue weighted by Gasteiger charge is -2.56. The zero-order valence-electron chi connectivity index (χ0n) is 13.4. The molecule has 2 aliphatic carbocycles. The van der Waals surface area contributed by atoms with Gasteiger partial charge in [0.25, 0.3) is 0 Å². The van der Waals surface area contributed by atoms with Crippen molar-refractivity contribution in [2.24, 2.45) is 5.92 Å². The van der Waals surface area contributed by atoms with E-state index >= 15 is 0 Å². The van der Waals surface area contributed by atoms with Crippen molar-refractivity contribution < 1.29 is 19.4 Å². The van der Waals surface area contributed by atoms with Crippen LogP contribution in [0.5, 0.6) is 11.5 Å². The molecular weight excluding hydrogens is 306 g/mol. The van der Waals surface area contributed by atoms with Gasteiger partial charge in [-0.25, -0.2) is 0 Å². The molecule has 5 atom stereocenters. The largest absolute Gasteiger partial charge is 0.482 e. The maximum absolute atomic E-state index is 10.6. The van der Waals surface area contributed by atoms with Gasteiger partial charge in [-0.2, -0.15) is 0 Å². The van der Waals surface area contributed by atoms with E-state index in [4.69, 9.17) is 15.0 Å². The Bertz CT molecular complexity index is 801. The summed E-state index contributed by atoms with van der Waals surface area (Å²) in [5, 5.41) is 10.6. The second-order valence-electron chi connectivity index (χ2n) is 7.25. The molecule has 5 rings (SSSR count). The molecule has 124 valence electrons. The van der Waals surface area contributed by atoms with Crippen LogP contribution in [0.1, 0.15) is 17.5 Å². The smallest absolute Gasteiger partial charge is 0.443 e. The molecule has 0 aromatic heterocycles. The van der Waals surface area contributed by atoms with Crippen LogP contribution < -0.4 is 9.47 Å². The highest BCUT2D eigenvalue weighted by Crippen LogP contribution is 2.62. The summed E-state index contributed by atoms with van der Waals surface area (Å²) in [4.78, 5) is 5.34. The van der Waals surface area contributed by atoms with Crippen molar-refractivity contribution in [3.63, 3.8) is 0 Å². The first-order chi connectivity index (χ1) is 11.7. The molecule has 1 spiro atoms. The zero-order valence-corrected chi connectivity index (χ0v) is 13.4. The third-order valence-corrected chi connectivity index (χ3v) is 6.36. The summed E-state index contributed by atoms with van der Waals surface area (Å²) in [5.41, 5.74) is 10.9. The van der Waals surface area contributed by atoms with Crippen molar-refractivity contribution in [2.45, 2.75) is 36.5 Å². The molecule has 4 aliphatic rings. The monoisotopic (exact) mass is 325 g/mol. The van der Waals surface area contributed by atoms with Crippen LogP contribution in [0.25, 0.3) is 5.53 Å². The number of hydrogen-bond acceptors (Lipinski definition) is 4. The molecule has 2 heterocycles. The highest BCUT2D eigenvalue weighted by atomic mass is 16.5. The van der Waals surface area contributed by atoms with E-state index in [0.29, 0.717) is 23.5 Å². The van der Waals surface area contributed by atoms with Crippen LogP contribution in [0.15, 0.2) is 24.3 Å². The van der Waals surface area contributed by atoms with E-state index in [1.807, 2.05) is 12.1 Å². The van der Waals surface area contributed by atoms with Gasteiger partial charge in [-0.15, -0.1) is 4.79 Å². The van der Waals surface area contributed by atoms with Gasteiger partial charge in [-0.05, 0) is 38.1 Å². The molecule has 1 fully saturated rings. The number of likely N-dealkylation sites (N-methyl/N-ethyl adjacent to an activating group) is 1. The van der Waals surface area contributed by atoms with Crippen LogP contribution in [0, 0.1) is 5.92 Å². The summed E-state index contributed by atoms with van der Waals surface area (Å²) in [6, 6.07) is 4.37. The van der Waals surface area contributed by atoms with Crippen LogP contribution >= 0.6 is 0 Å². The van der Waals surface area contributed by atoms with Gasteiger partial charge < -0.3 is 25.0 Å². The number of piperidine rings is 1. The first-order valence-corrected chi connectivity index (χ1v) is 8.39. The summed E-state index contributed by atoms with van der Waals surface area (Å²) < 4.78 is 11.7. The van der Waals surface area contributed by atoms with E-state index < -0.39 is 6.10 Å². The van der Waals surface area contributed by atoms with Gasteiger partial charge in [-0.1, -0.05) is 18.2 Å². The summed E-state index contributed by atoms with van der Waals surface area (Å²) in [6.07, 6.45) is 6.08. The number of likely N-dealkylation sites (tertiary alicyclic amines) is 1. The van der Waals surface area contributed by atoms with Gasteiger partial charge in [0.15, 0.2) is 11.5 Å². The van der Waals surface area contributed by atoms with E-state index in [0.717, 1.165) is 25.8 Å². The van der Waals surface area contributed by atoms with Crippen LogP contribution in [-0.2, 0) is 11.8 Å². The highest BCUT2D eigenvalue weighted by Gasteiger charge is 2.64. The molecule has 1 aromatic rings. The van der Waals surface area contributed by atoms with E-state index in [2.05, 4.69) is 28.9 Å². The molecule has 2 aliphatic heterocycles. The van der Waals surface area contributed by atoms with Gasteiger partial charge in [0, 0.05) is 22.9 Å². The minimum atomic E-state index is -0.622. The number of aliphatic hydroxyl groups is 1. The average molecular weight is 325 g/mol. The molecule has 0 unspecified atom stereocenters. The number of hydrogen-bond donors (Lipinski definition) is 1. The predicted octanol–water partition coefficient (Wildman–Crippen LogP) is 1.13. The first-order valence-electron chi connectivity index (χ1n) is 8.39. The highest BCUT2D eigenvalue weighted by molar-refractivity contribution is 5.64. The summed E-state index contributed by atoms with van der Waals surface area (Å²) in [5.74, 6) is 1.58. The second kappa shape index (κ2) is 4.70. The Hall–Kier alpha value is -2.14. The molecule has 2 bridgehead atoms. The van der Waals surface area contributed by atoms with Crippen molar-refractivity contribution in [1.82, 2.24) is 4.90 Å². The van der Waals surface area contributed by atoms with Crippen LogP contribution in [0.2, 0.25) is 0 Å². The van der Waals surface area contributed by atoms with E-state index in [9.17, 15) is 5.11 Å². The number of rotatable bonds is 2. The standard InChI is InChI=1S/C18H19N3O3/c1-21-7-6-18-11-3-4-13(22)17(18)24-16-14(23-9-20-19)5-2-10(15(16)18)8-12(11)21/h2-5,9,11-13,17,22H,6-8H2,1H3/t11-,12+,13-,17-,18-/m0/s1. The normalized spacial score (nSPS) is 38.1. The van der Waals surface area contributed by atoms with E-state index in [1.54, 1.807) is 0 Å². The molecule has 1 aromatic carbocycles. The Morgan fingerprint density at radius 2 is 2.33 bits per heavy atom. The fraction of sp³-hybridized carbons (Fsp3) is 0.500. The Labute approximate surface area is 139 Å².